The van der Waals surface area contributed by atoms with Gasteiger partial charge >= 0.3 is 5.97 Å². The van der Waals surface area contributed by atoms with Crippen LogP contribution < -0.4 is 15.8 Å². The van der Waals surface area contributed by atoms with Gasteiger partial charge in [0.25, 0.3) is 0 Å². The molecule has 0 saturated heterocycles. The van der Waals surface area contributed by atoms with Gasteiger partial charge in [-0.25, -0.2) is 0 Å². The van der Waals surface area contributed by atoms with E-state index >= 15 is 0 Å². The van der Waals surface area contributed by atoms with Crippen molar-refractivity contribution in [3.63, 3.8) is 0 Å². The van der Waals surface area contributed by atoms with Crippen LogP contribution in [0.2, 0.25) is 0 Å². The monoisotopic (exact) mass is 491 g/mol. The molecule has 8 nitrogen and oxygen atoms in total. The van der Waals surface area contributed by atoms with E-state index in [9.17, 15) is 15.0 Å². The lowest BCUT2D eigenvalue weighted by atomic mass is 9.95. The van der Waals surface area contributed by atoms with Crippen LogP contribution in [0.1, 0.15) is 83.6 Å². The van der Waals surface area contributed by atoms with Crippen LogP contribution in [0, 0.1) is 5.92 Å². The second kappa shape index (κ2) is 15.5. The number of esters is 1. The van der Waals surface area contributed by atoms with Gasteiger partial charge < -0.3 is 30.7 Å². The van der Waals surface area contributed by atoms with Crippen LogP contribution >= 0.6 is 0 Å². The first-order valence-electron chi connectivity index (χ1n) is 13.1. The highest BCUT2D eigenvalue weighted by Gasteiger charge is 2.20. The number of carbonyl (C=O) groups excluding carboxylic acids is 1. The number of phenolic OH excluding ortho intramolecular Hbond substituents is 1. The third-order valence-corrected chi connectivity index (χ3v) is 6.83. The molecule has 0 amide bonds. The Morgan fingerprint density at radius 2 is 1.97 bits per heavy atom. The molecule has 0 heterocycles. The fraction of sp³-hybridized carbons (Fsp3) is 0.704. The second-order valence-electron chi connectivity index (χ2n) is 9.72. The summed E-state index contributed by atoms with van der Waals surface area (Å²) in [6.45, 7) is 4.16. The first-order chi connectivity index (χ1) is 16.8. The van der Waals surface area contributed by atoms with Crippen LogP contribution in [-0.4, -0.2) is 54.0 Å². The number of ether oxygens (including phenoxy) is 2. The van der Waals surface area contributed by atoms with E-state index in [1.165, 1.54) is 33.3 Å². The largest absolute Gasteiger partial charge is 0.504 e. The van der Waals surface area contributed by atoms with Gasteiger partial charge in [0, 0.05) is 25.9 Å². The standard InChI is InChI=1S/C27H45N3O5/c1-4-20(18-29-27(28)30-22-8-6-5-7-9-22)10-13-23(32)17-24(35-19(2)31)14-11-21-12-15-25(33)26(16-21)34-3/h12,15-16,20,22-24,32-33H,4-11,13-14,17-18H2,1-3H3,(H3,28,29,30)/t20-,23+,24-/m1/s1. The molecular formula is C27H45N3O5. The minimum atomic E-state index is -0.565. The first kappa shape index (κ1) is 28.8. The molecule has 1 aliphatic rings. The topological polar surface area (TPSA) is 126 Å². The Morgan fingerprint density at radius 1 is 1.23 bits per heavy atom. The van der Waals surface area contributed by atoms with Gasteiger partial charge in [-0.05, 0) is 62.1 Å². The molecule has 1 aromatic rings. The molecule has 1 fully saturated rings. The Labute approximate surface area is 210 Å². The van der Waals surface area contributed by atoms with Crippen LogP contribution in [0.25, 0.3) is 0 Å². The first-order valence-corrected chi connectivity index (χ1v) is 13.1. The maximum Gasteiger partial charge on any atom is 0.302 e. The molecule has 1 aromatic carbocycles. The highest BCUT2D eigenvalue weighted by molar-refractivity contribution is 5.78. The number of aliphatic hydroxyl groups is 1. The number of hydrogen-bond acceptors (Lipinski definition) is 6. The number of nitrogens with two attached hydrogens (primary N) is 1. The number of aliphatic hydroxyl groups excluding tert-OH is 1. The van der Waals surface area contributed by atoms with Gasteiger partial charge in [-0.3, -0.25) is 9.79 Å². The Morgan fingerprint density at radius 3 is 2.63 bits per heavy atom. The quantitative estimate of drug-likeness (QED) is 0.176. The fourth-order valence-electron chi connectivity index (χ4n) is 4.67. The van der Waals surface area contributed by atoms with Gasteiger partial charge in [-0.15, -0.1) is 0 Å². The van der Waals surface area contributed by atoms with Crippen molar-refractivity contribution < 1.29 is 24.5 Å². The number of phenols is 1. The summed E-state index contributed by atoms with van der Waals surface area (Å²) in [5.41, 5.74) is 7.07. The van der Waals surface area contributed by atoms with E-state index < -0.39 is 6.10 Å². The molecule has 0 unspecified atom stereocenters. The van der Waals surface area contributed by atoms with Crippen LogP contribution in [0.15, 0.2) is 23.2 Å². The molecule has 1 aliphatic carbocycles. The molecule has 0 radical (unpaired) electrons. The molecule has 0 spiro atoms. The summed E-state index contributed by atoms with van der Waals surface area (Å²) in [6.07, 6.45) is 9.19. The molecule has 8 heteroatoms. The predicted molar refractivity (Wildman–Crippen MR) is 139 cm³/mol. The maximum atomic E-state index is 11.6. The summed E-state index contributed by atoms with van der Waals surface area (Å²) in [7, 11) is 1.51. The van der Waals surface area contributed by atoms with Crippen molar-refractivity contribution in [2.24, 2.45) is 16.6 Å². The minimum absolute atomic E-state index is 0.0875. The molecule has 198 valence electrons. The lowest BCUT2D eigenvalue weighted by Gasteiger charge is -2.24. The van der Waals surface area contributed by atoms with E-state index in [4.69, 9.17) is 15.2 Å². The van der Waals surface area contributed by atoms with E-state index in [2.05, 4.69) is 17.2 Å². The number of nitrogens with one attached hydrogen (secondary N) is 1. The van der Waals surface area contributed by atoms with E-state index in [1.54, 1.807) is 12.1 Å². The Balaban J connectivity index is 1.80. The number of methoxy groups -OCH3 is 1. The Hall–Kier alpha value is -2.48. The Kier molecular flexibility index (Phi) is 12.7. The molecule has 35 heavy (non-hydrogen) atoms. The Bertz CT molecular complexity index is 795. The normalized spacial score (nSPS) is 17.4. The van der Waals surface area contributed by atoms with E-state index in [0.29, 0.717) is 55.9 Å². The van der Waals surface area contributed by atoms with Gasteiger partial charge in [-0.1, -0.05) is 38.7 Å². The van der Waals surface area contributed by atoms with Crippen molar-refractivity contribution in [3.05, 3.63) is 23.8 Å². The average molecular weight is 492 g/mol. The van der Waals surface area contributed by atoms with Crippen molar-refractivity contribution in [1.82, 2.24) is 5.32 Å². The van der Waals surface area contributed by atoms with Gasteiger partial charge in [0.1, 0.15) is 6.10 Å². The molecule has 3 atom stereocenters. The second-order valence-corrected chi connectivity index (χ2v) is 9.72. The minimum Gasteiger partial charge on any atom is -0.504 e. The van der Waals surface area contributed by atoms with Crippen LogP contribution in [0.5, 0.6) is 11.5 Å². The van der Waals surface area contributed by atoms with Crippen molar-refractivity contribution in [2.75, 3.05) is 13.7 Å². The number of rotatable bonds is 14. The molecule has 0 aliphatic heterocycles. The number of aryl methyl sites for hydroxylation is 1. The number of carbonyl (C=O) groups is 1. The molecule has 5 N–H and O–H groups in total. The molecule has 2 rings (SSSR count). The number of aromatic hydroxyl groups is 1. The summed E-state index contributed by atoms with van der Waals surface area (Å²) >= 11 is 0. The number of hydrogen-bond donors (Lipinski definition) is 4. The zero-order chi connectivity index (χ0) is 25.6. The summed E-state index contributed by atoms with van der Waals surface area (Å²) in [5.74, 6) is 1.01. The van der Waals surface area contributed by atoms with Crippen molar-refractivity contribution in [1.29, 1.82) is 0 Å². The zero-order valence-corrected chi connectivity index (χ0v) is 21.7. The van der Waals surface area contributed by atoms with Gasteiger partial charge in [0.05, 0.1) is 13.2 Å². The van der Waals surface area contributed by atoms with Crippen LogP contribution in [-0.2, 0) is 16.0 Å². The summed E-state index contributed by atoms with van der Waals surface area (Å²) in [5, 5.41) is 23.8. The lowest BCUT2D eigenvalue weighted by Crippen LogP contribution is -2.41. The van der Waals surface area contributed by atoms with Gasteiger partial charge in [0.15, 0.2) is 17.5 Å². The van der Waals surface area contributed by atoms with Crippen LogP contribution in [0.3, 0.4) is 0 Å². The maximum absolute atomic E-state index is 11.6. The number of benzene rings is 1. The number of nitrogens with zero attached hydrogens (tertiary/aromatic N) is 1. The summed E-state index contributed by atoms with van der Waals surface area (Å²) in [6, 6.07) is 5.63. The smallest absolute Gasteiger partial charge is 0.302 e. The average Bonchev–Trinajstić information content (AvgIpc) is 2.83. The van der Waals surface area contributed by atoms with Crippen molar-refractivity contribution in [2.45, 2.75) is 103 Å². The molecule has 0 bridgehead atoms. The predicted octanol–water partition coefficient (Wildman–Crippen LogP) is 4.06. The molecular weight excluding hydrogens is 446 g/mol. The van der Waals surface area contributed by atoms with Gasteiger partial charge in [-0.2, -0.15) is 0 Å². The highest BCUT2D eigenvalue weighted by Crippen LogP contribution is 2.27. The SMILES string of the molecule is CC[C@H](CC[C@H](O)C[C@@H](CCc1ccc(O)c(OC)c1)OC(C)=O)CN=C(N)NC1CCCCC1. The van der Waals surface area contributed by atoms with Gasteiger partial charge in [0.2, 0.25) is 0 Å². The van der Waals surface area contributed by atoms with Crippen molar-refractivity contribution >= 4 is 11.9 Å². The molecule has 0 aromatic heterocycles. The summed E-state index contributed by atoms with van der Waals surface area (Å²) < 4.78 is 10.6. The third-order valence-electron chi connectivity index (χ3n) is 6.83. The van der Waals surface area contributed by atoms with E-state index in [-0.39, 0.29) is 17.8 Å². The lowest BCUT2D eigenvalue weighted by molar-refractivity contribution is -0.148. The van der Waals surface area contributed by atoms with Crippen molar-refractivity contribution in [3.8, 4) is 11.5 Å². The van der Waals surface area contributed by atoms with E-state index in [0.717, 1.165) is 31.2 Å². The highest BCUT2D eigenvalue weighted by atomic mass is 16.5. The third kappa shape index (κ3) is 11.2. The fourth-order valence-corrected chi connectivity index (χ4v) is 4.67. The molecule has 1 saturated carbocycles. The number of aliphatic imine (C=N–C) groups is 1. The number of guanidine groups is 1. The van der Waals surface area contributed by atoms with E-state index in [1.807, 2.05) is 6.07 Å². The zero-order valence-electron chi connectivity index (χ0n) is 21.7. The summed E-state index contributed by atoms with van der Waals surface area (Å²) in [4.78, 5) is 16.2. The van der Waals surface area contributed by atoms with Crippen LogP contribution in [0.4, 0.5) is 0 Å².